The molecule has 3 saturated carbocycles. The summed E-state index contributed by atoms with van der Waals surface area (Å²) in [6.45, 7) is 5.19. The van der Waals surface area contributed by atoms with Crippen LogP contribution in [-0.2, 0) is 49.5 Å². The number of likely N-dealkylation sites (N-methyl/N-ethyl adjacent to an activating group) is 1. The topological polar surface area (TPSA) is 209 Å². The maximum Gasteiger partial charge on any atom is 0.253 e. The number of benzene rings is 2. The van der Waals surface area contributed by atoms with Gasteiger partial charge in [0.2, 0.25) is 17.7 Å². The molecule has 0 unspecified atom stereocenters. The summed E-state index contributed by atoms with van der Waals surface area (Å²) in [7, 11) is 1.58. The van der Waals surface area contributed by atoms with Crippen LogP contribution in [0.2, 0.25) is 0 Å². The number of aliphatic hydroxyl groups is 2. The Hall–Kier alpha value is -5.75. The third-order valence-electron chi connectivity index (χ3n) is 15.2. The number of rotatable bonds is 13. The number of ketones is 2. The zero-order valence-corrected chi connectivity index (χ0v) is 37.3. The van der Waals surface area contributed by atoms with Crippen LogP contribution in [0.4, 0.5) is 14.5 Å². The van der Waals surface area contributed by atoms with Gasteiger partial charge in [-0.1, -0.05) is 49.4 Å². The summed E-state index contributed by atoms with van der Waals surface area (Å²) in [5, 5.41) is 27.3. The lowest BCUT2D eigenvalue weighted by atomic mass is 9.44. The molecule has 5 amide bonds. The standard InChI is InChI=1S/C49H54F2N4O11/c1-26(52-40(60)16-18-55-41(61)13-14-42(55)62)43(63)53-27(2)44(64)54(5)31-8-6-7-29(20-31)19-28-9-11-30(12-10-28)45-65-39-23-33-34-22-36(50)35-21-32(57)15-17-46(35,3)48(34,51)37(58)24-47(33,4)49(39,66-45)38(59)25-56/h6-15,17,20-21,26-27,33-34,36-37,39,45,56,58H,16,18-19,22-25H2,1-5H3,(H,52,60)(H,53,63)/t26-,27-,33-,34-,36-,37-,39+,45+,46-,47-,48-,49+/m0/s1. The number of hydrogen-bond acceptors (Lipinski definition) is 11. The lowest BCUT2D eigenvalue weighted by molar-refractivity contribution is -0.235. The molecule has 4 fully saturated rings. The van der Waals surface area contributed by atoms with Crippen LogP contribution >= 0.6 is 0 Å². The van der Waals surface area contributed by atoms with Crippen molar-refractivity contribution in [1.29, 1.82) is 0 Å². The summed E-state index contributed by atoms with van der Waals surface area (Å²) < 4.78 is 46.8. The van der Waals surface area contributed by atoms with Crippen LogP contribution in [0.3, 0.4) is 0 Å². The van der Waals surface area contributed by atoms with Crippen LogP contribution in [-0.4, -0.2) is 118 Å². The molecule has 12 atom stereocenters. The molecule has 4 aliphatic carbocycles. The van der Waals surface area contributed by atoms with Gasteiger partial charge in [0.15, 0.2) is 29.1 Å². The fraction of sp³-hybridized carbons (Fsp3) is 0.490. The Kier molecular flexibility index (Phi) is 12.2. The normalized spacial score (nSPS) is 33.9. The number of anilines is 1. The fourth-order valence-corrected chi connectivity index (χ4v) is 11.7. The van der Waals surface area contributed by atoms with Gasteiger partial charge >= 0.3 is 0 Å². The maximum absolute atomic E-state index is 17.8. The number of imide groups is 1. The quantitative estimate of drug-likeness (QED) is 0.215. The Morgan fingerprint density at radius 1 is 0.939 bits per heavy atom. The van der Waals surface area contributed by atoms with E-state index in [1.165, 1.54) is 37.8 Å². The second-order valence-corrected chi connectivity index (χ2v) is 18.9. The van der Waals surface area contributed by atoms with Gasteiger partial charge in [-0.2, -0.15) is 0 Å². The molecule has 8 rings (SSSR count). The molecule has 2 aliphatic heterocycles. The molecule has 4 N–H and O–H groups in total. The Labute approximate surface area is 380 Å². The van der Waals surface area contributed by atoms with Crippen LogP contribution in [0.1, 0.15) is 76.4 Å². The van der Waals surface area contributed by atoms with E-state index in [0.717, 1.165) is 34.3 Å². The van der Waals surface area contributed by atoms with Gasteiger partial charge in [0.05, 0.1) is 12.2 Å². The Bertz CT molecular complexity index is 2460. The first-order chi connectivity index (χ1) is 31.2. The molecule has 0 bridgehead atoms. The molecule has 0 radical (unpaired) electrons. The molecule has 1 saturated heterocycles. The summed E-state index contributed by atoms with van der Waals surface area (Å²) in [6.07, 6.45) is 0.468. The Balaban J connectivity index is 0.900. The highest BCUT2D eigenvalue weighted by Gasteiger charge is 2.80. The van der Waals surface area contributed by atoms with Crippen molar-refractivity contribution in [2.45, 2.75) is 108 Å². The van der Waals surface area contributed by atoms with Gasteiger partial charge in [0, 0.05) is 60.2 Å². The van der Waals surface area contributed by atoms with Crippen molar-refractivity contribution in [3.8, 4) is 0 Å². The molecule has 6 aliphatic rings. The van der Waals surface area contributed by atoms with Crippen molar-refractivity contribution in [2.24, 2.45) is 22.7 Å². The van der Waals surface area contributed by atoms with Crippen molar-refractivity contribution < 1.29 is 62.0 Å². The largest absolute Gasteiger partial charge is 0.390 e. The summed E-state index contributed by atoms with van der Waals surface area (Å²) in [5.74, 6) is -5.45. The van der Waals surface area contributed by atoms with E-state index >= 15 is 8.78 Å². The lowest BCUT2D eigenvalue weighted by Gasteiger charge is -2.63. The smallest absolute Gasteiger partial charge is 0.253 e. The SMILES string of the molecule is C[C@H](NC(=O)CCN1C(=O)C=CC1=O)C(=O)N[C@@H](C)C(=O)N(C)c1cccc(Cc2ccc([C@@H]3O[C@@H]4C[C@H]5[C@@H]6C[C@H](F)C7=CC(=O)C=C[C@]7(C)[C@@]6(F)[C@@H](O)C[C@]5(C)[C@]4(C(=O)CO)O3)cc2)c1. The van der Waals surface area contributed by atoms with Crippen LogP contribution < -0.4 is 15.5 Å². The van der Waals surface area contributed by atoms with Gasteiger partial charge in [0.1, 0.15) is 24.9 Å². The van der Waals surface area contributed by atoms with E-state index < -0.39 is 118 Å². The number of aliphatic hydroxyl groups excluding tert-OH is 2. The minimum Gasteiger partial charge on any atom is -0.390 e. The number of nitrogens with zero attached hydrogens (tertiary/aromatic N) is 2. The Morgan fingerprint density at radius 3 is 2.32 bits per heavy atom. The zero-order chi connectivity index (χ0) is 47.7. The van der Waals surface area contributed by atoms with E-state index in [1.807, 2.05) is 24.3 Å². The van der Waals surface area contributed by atoms with Crippen LogP contribution in [0, 0.1) is 22.7 Å². The monoisotopic (exact) mass is 912 g/mol. The number of alkyl halides is 2. The second-order valence-electron chi connectivity index (χ2n) is 18.9. The number of Topliss-reactive ketones (excluding diaryl/α,β-unsaturated/α-hetero) is 1. The highest BCUT2D eigenvalue weighted by molar-refractivity contribution is 6.13. The first-order valence-electron chi connectivity index (χ1n) is 22.2. The molecule has 0 spiro atoms. The molecule has 15 nitrogen and oxygen atoms in total. The summed E-state index contributed by atoms with van der Waals surface area (Å²) in [5.41, 5.74) is -4.09. The molecule has 66 heavy (non-hydrogen) atoms. The minimum absolute atomic E-state index is 0.00247. The van der Waals surface area contributed by atoms with E-state index in [-0.39, 0.29) is 37.8 Å². The summed E-state index contributed by atoms with van der Waals surface area (Å²) in [4.78, 5) is 90.7. The highest BCUT2D eigenvalue weighted by atomic mass is 19.1. The predicted molar refractivity (Wildman–Crippen MR) is 232 cm³/mol. The molecule has 0 aromatic heterocycles. The van der Waals surface area contributed by atoms with Gasteiger partial charge in [0.25, 0.3) is 11.8 Å². The van der Waals surface area contributed by atoms with Gasteiger partial charge in [-0.15, -0.1) is 0 Å². The molecule has 2 aromatic rings. The number of halogens is 2. The van der Waals surface area contributed by atoms with E-state index in [4.69, 9.17) is 9.47 Å². The van der Waals surface area contributed by atoms with Gasteiger partial charge in [-0.3, -0.25) is 38.5 Å². The first-order valence-corrected chi connectivity index (χ1v) is 22.2. The average molecular weight is 913 g/mol. The molecule has 350 valence electrons. The van der Waals surface area contributed by atoms with Gasteiger partial charge in [-0.05, 0) is 93.4 Å². The van der Waals surface area contributed by atoms with E-state index in [1.54, 1.807) is 38.2 Å². The molecular formula is C49H54F2N4O11. The summed E-state index contributed by atoms with van der Waals surface area (Å²) in [6, 6.07) is 12.6. The average Bonchev–Trinajstić information content (AvgIpc) is 3.91. The van der Waals surface area contributed by atoms with Gasteiger partial charge < -0.3 is 35.2 Å². The fourth-order valence-electron chi connectivity index (χ4n) is 11.7. The highest BCUT2D eigenvalue weighted by Crippen LogP contribution is 2.72. The van der Waals surface area contributed by atoms with Crippen molar-refractivity contribution in [2.75, 3.05) is 25.1 Å². The minimum atomic E-state index is -2.36. The first kappa shape index (κ1) is 46.8. The third kappa shape index (κ3) is 7.43. The molecular weight excluding hydrogens is 859 g/mol. The number of allylic oxidation sites excluding steroid dienone is 4. The number of carbonyl (C=O) groups excluding carboxylic acids is 7. The molecule has 2 heterocycles. The number of carbonyl (C=O) groups is 7. The zero-order valence-electron chi connectivity index (χ0n) is 37.3. The van der Waals surface area contributed by atoms with Crippen molar-refractivity contribution >= 4 is 46.8 Å². The molecule has 2 aromatic carbocycles. The maximum atomic E-state index is 17.8. The number of ether oxygens (including phenoxy) is 2. The number of fused-ring (bicyclic) bond motifs is 7. The van der Waals surface area contributed by atoms with E-state index in [2.05, 4.69) is 10.6 Å². The van der Waals surface area contributed by atoms with Crippen molar-refractivity contribution in [3.05, 3.63) is 101 Å². The number of hydrogen-bond donors (Lipinski definition) is 4. The lowest BCUT2D eigenvalue weighted by Crippen LogP contribution is -2.70. The van der Waals surface area contributed by atoms with Crippen LogP contribution in [0.25, 0.3) is 0 Å². The Morgan fingerprint density at radius 2 is 1.64 bits per heavy atom. The van der Waals surface area contributed by atoms with E-state index in [0.29, 0.717) is 17.7 Å². The predicted octanol–water partition coefficient (Wildman–Crippen LogP) is 3.21. The second kappa shape index (κ2) is 17.2. The van der Waals surface area contributed by atoms with Gasteiger partial charge in [-0.25, -0.2) is 8.78 Å². The van der Waals surface area contributed by atoms with Crippen molar-refractivity contribution in [3.63, 3.8) is 0 Å². The number of nitrogens with one attached hydrogen (secondary N) is 2. The van der Waals surface area contributed by atoms with Crippen LogP contribution in [0.5, 0.6) is 0 Å². The molecule has 17 heteroatoms. The number of amides is 5. The summed E-state index contributed by atoms with van der Waals surface area (Å²) >= 11 is 0. The van der Waals surface area contributed by atoms with Crippen molar-refractivity contribution in [1.82, 2.24) is 15.5 Å². The van der Waals surface area contributed by atoms with E-state index in [9.17, 15) is 43.8 Å². The third-order valence-corrected chi connectivity index (χ3v) is 15.2. The van der Waals surface area contributed by atoms with Crippen LogP contribution in [0.15, 0.2) is 84.5 Å².